The van der Waals surface area contributed by atoms with Gasteiger partial charge in [-0.2, -0.15) is 0 Å². The SMILES string of the molecule is CCOC(=O)C(C(F)F)C(O)c1ccc(CC)cc1. The van der Waals surface area contributed by atoms with Crippen molar-refractivity contribution < 1.29 is 23.4 Å². The number of ether oxygens (including phenoxy) is 1. The molecule has 0 bridgehead atoms. The lowest BCUT2D eigenvalue weighted by Gasteiger charge is -2.21. The van der Waals surface area contributed by atoms with Crippen molar-refractivity contribution in [3.8, 4) is 0 Å². The monoisotopic (exact) mass is 272 g/mol. The van der Waals surface area contributed by atoms with E-state index in [1.165, 1.54) is 6.92 Å². The van der Waals surface area contributed by atoms with Crippen molar-refractivity contribution in [2.45, 2.75) is 32.8 Å². The third-order valence-electron chi connectivity index (χ3n) is 2.90. The Hall–Kier alpha value is -1.49. The summed E-state index contributed by atoms with van der Waals surface area (Å²) in [6, 6.07) is 6.59. The summed E-state index contributed by atoms with van der Waals surface area (Å²) in [7, 11) is 0. The van der Waals surface area contributed by atoms with Gasteiger partial charge in [0.1, 0.15) is 5.92 Å². The van der Waals surface area contributed by atoms with Crippen molar-refractivity contribution in [1.82, 2.24) is 0 Å². The molecule has 5 heteroatoms. The average Bonchev–Trinajstić information content (AvgIpc) is 2.38. The zero-order valence-corrected chi connectivity index (χ0v) is 11.0. The normalized spacial score (nSPS) is 14.2. The topological polar surface area (TPSA) is 46.5 Å². The molecule has 0 saturated heterocycles. The number of esters is 1. The number of benzene rings is 1. The summed E-state index contributed by atoms with van der Waals surface area (Å²) < 4.78 is 30.4. The van der Waals surface area contributed by atoms with Crippen molar-refractivity contribution in [2.75, 3.05) is 6.61 Å². The number of carbonyl (C=O) groups is 1. The van der Waals surface area contributed by atoms with Crippen LogP contribution in [0.2, 0.25) is 0 Å². The predicted molar refractivity (Wildman–Crippen MR) is 66.9 cm³/mol. The lowest BCUT2D eigenvalue weighted by Crippen LogP contribution is -2.30. The molecule has 1 aromatic rings. The Bertz CT molecular complexity index is 404. The molecule has 19 heavy (non-hydrogen) atoms. The highest BCUT2D eigenvalue weighted by Crippen LogP contribution is 2.28. The molecule has 0 amide bonds. The second kappa shape index (κ2) is 7.19. The van der Waals surface area contributed by atoms with Crippen LogP contribution in [0.3, 0.4) is 0 Å². The Morgan fingerprint density at radius 1 is 1.26 bits per heavy atom. The molecule has 0 radical (unpaired) electrons. The number of carbonyl (C=O) groups excluding carboxylic acids is 1. The number of aliphatic hydroxyl groups excluding tert-OH is 1. The van der Waals surface area contributed by atoms with Crippen molar-refractivity contribution in [1.29, 1.82) is 0 Å². The minimum atomic E-state index is -2.97. The smallest absolute Gasteiger partial charge is 0.317 e. The van der Waals surface area contributed by atoms with Gasteiger partial charge in [-0.1, -0.05) is 31.2 Å². The minimum absolute atomic E-state index is 0.00352. The van der Waals surface area contributed by atoms with Gasteiger partial charge in [0.05, 0.1) is 12.7 Å². The van der Waals surface area contributed by atoms with Crippen molar-refractivity contribution in [3.63, 3.8) is 0 Å². The van der Waals surface area contributed by atoms with Crippen LogP contribution in [-0.4, -0.2) is 24.1 Å². The first-order chi connectivity index (χ1) is 9.01. The van der Waals surface area contributed by atoms with Crippen molar-refractivity contribution in [2.24, 2.45) is 5.92 Å². The third kappa shape index (κ3) is 3.99. The van der Waals surface area contributed by atoms with Crippen LogP contribution in [-0.2, 0) is 16.0 Å². The van der Waals surface area contributed by atoms with Crippen LogP contribution in [0.25, 0.3) is 0 Å². The van der Waals surface area contributed by atoms with E-state index in [1.54, 1.807) is 24.3 Å². The Kier molecular flexibility index (Phi) is 5.89. The van der Waals surface area contributed by atoms with E-state index in [-0.39, 0.29) is 12.2 Å². The van der Waals surface area contributed by atoms with Crippen LogP contribution in [0.15, 0.2) is 24.3 Å². The standard InChI is InChI=1S/C14H18F2O3/c1-3-9-5-7-10(8-6-9)12(17)11(13(15)16)14(18)19-4-2/h5-8,11-13,17H,3-4H2,1-2H3. The summed E-state index contributed by atoms with van der Waals surface area (Å²) in [5.74, 6) is -2.93. The highest BCUT2D eigenvalue weighted by Gasteiger charge is 2.37. The van der Waals surface area contributed by atoms with Gasteiger partial charge < -0.3 is 9.84 Å². The average molecular weight is 272 g/mol. The third-order valence-corrected chi connectivity index (χ3v) is 2.90. The van der Waals surface area contributed by atoms with Crippen LogP contribution in [0.4, 0.5) is 8.78 Å². The summed E-state index contributed by atoms with van der Waals surface area (Å²) in [4.78, 5) is 11.5. The van der Waals surface area contributed by atoms with E-state index in [0.29, 0.717) is 0 Å². The Labute approximate surface area is 111 Å². The predicted octanol–water partition coefficient (Wildman–Crippen LogP) is 2.73. The number of hydrogen-bond acceptors (Lipinski definition) is 3. The number of halogens is 2. The van der Waals surface area contributed by atoms with Crippen molar-refractivity contribution >= 4 is 5.97 Å². The molecule has 0 aliphatic rings. The summed E-state index contributed by atoms with van der Waals surface area (Å²) in [6.07, 6.45) is -3.73. The first-order valence-electron chi connectivity index (χ1n) is 6.22. The van der Waals surface area contributed by atoms with Crippen LogP contribution >= 0.6 is 0 Å². The molecule has 0 saturated carbocycles. The van der Waals surface area contributed by atoms with Crippen LogP contribution in [0, 0.1) is 5.92 Å². The van der Waals surface area contributed by atoms with Gasteiger partial charge in [-0.25, -0.2) is 8.78 Å². The molecular formula is C14H18F2O3. The quantitative estimate of drug-likeness (QED) is 0.810. The summed E-state index contributed by atoms with van der Waals surface area (Å²) in [5.41, 5.74) is 1.32. The van der Waals surface area contributed by atoms with Gasteiger partial charge in [0.25, 0.3) is 6.43 Å². The van der Waals surface area contributed by atoms with Crippen LogP contribution < -0.4 is 0 Å². The lowest BCUT2D eigenvalue weighted by atomic mass is 9.95. The fraction of sp³-hybridized carbons (Fsp3) is 0.500. The van der Waals surface area contributed by atoms with Gasteiger partial charge in [-0.05, 0) is 24.5 Å². The highest BCUT2D eigenvalue weighted by atomic mass is 19.3. The molecule has 2 atom stereocenters. The van der Waals surface area contributed by atoms with E-state index >= 15 is 0 Å². The lowest BCUT2D eigenvalue weighted by molar-refractivity contribution is -0.160. The maximum atomic E-state index is 12.9. The highest BCUT2D eigenvalue weighted by molar-refractivity contribution is 5.73. The Morgan fingerprint density at radius 3 is 2.26 bits per heavy atom. The zero-order chi connectivity index (χ0) is 14.4. The first kappa shape index (κ1) is 15.6. The molecule has 1 N–H and O–H groups in total. The van der Waals surface area contributed by atoms with E-state index < -0.39 is 24.4 Å². The number of aliphatic hydroxyl groups is 1. The number of alkyl halides is 2. The molecule has 1 rings (SSSR count). The fourth-order valence-corrected chi connectivity index (χ4v) is 1.77. The molecule has 0 spiro atoms. The summed E-state index contributed by atoms with van der Waals surface area (Å²) >= 11 is 0. The summed E-state index contributed by atoms with van der Waals surface area (Å²) in [5, 5.41) is 9.93. The van der Waals surface area contributed by atoms with Gasteiger partial charge in [0.2, 0.25) is 0 Å². The van der Waals surface area contributed by atoms with Gasteiger partial charge in [0.15, 0.2) is 0 Å². The number of aryl methyl sites for hydroxylation is 1. The Morgan fingerprint density at radius 2 is 1.84 bits per heavy atom. The van der Waals surface area contributed by atoms with Gasteiger partial charge >= 0.3 is 5.97 Å². The molecule has 0 fully saturated rings. The van der Waals surface area contributed by atoms with E-state index in [4.69, 9.17) is 0 Å². The van der Waals surface area contributed by atoms with Gasteiger partial charge in [0, 0.05) is 0 Å². The van der Waals surface area contributed by atoms with Gasteiger partial charge in [-0.3, -0.25) is 4.79 Å². The van der Waals surface area contributed by atoms with E-state index in [9.17, 15) is 18.7 Å². The Balaban J connectivity index is 2.91. The summed E-state index contributed by atoms with van der Waals surface area (Å²) in [6.45, 7) is 3.50. The van der Waals surface area contributed by atoms with Crippen molar-refractivity contribution in [3.05, 3.63) is 35.4 Å². The number of hydrogen-bond donors (Lipinski definition) is 1. The van der Waals surface area contributed by atoms with Crippen LogP contribution in [0.1, 0.15) is 31.1 Å². The molecule has 3 nitrogen and oxygen atoms in total. The first-order valence-corrected chi connectivity index (χ1v) is 6.22. The number of rotatable bonds is 6. The largest absolute Gasteiger partial charge is 0.466 e. The molecule has 0 heterocycles. The van der Waals surface area contributed by atoms with Gasteiger partial charge in [-0.15, -0.1) is 0 Å². The molecular weight excluding hydrogens is 254 g/mol. The molecule has 106 valence electrons. The molecule has 0 aliphatic carbocycles. The van der Waals surface area contributed by atoms with E-state index in [2.05, 4.69) is 4.74 Å². The van der Waals surface area contributed by atoms with Crippen LogP contribution in [0.5, 0.6) is 0 Å². The zero-order valence-electron chi connectivity index (χ0n) is 11.0. The second-order valence-corrected chi connectivity index (χ2v) is 4.15. The maximum absolute atomic E-state index is 12.9. The molecule has 0 aliphatic heterocycles. The molecule has 2 unspecified atom stereocenters. The maximum Gasteiger partial charge on any atom is 0.317 e. The second-order valence-electron chi connectivity index (χ2n) is 4.15. The molecule has 0 aromatic heterocycles. The van der Waals surface area contributed by atoms with E-state index in [0.717, 1.165) is 12.0 Å². The fourth-order valence-electron chi connectivity index (χ4n) is 1.77. The minimum Gasteiger partial charge on any atom is -0.466 e. The van der Waals surface area contributed by atoms with E-state index in [1.807, 2.05) is 6.92 Å². The molecule has 1 aromatic carbocycles.